The zero-order valence-corrected chi connectivity index (χ0v) is 14.8. The lowest BCUT2D eigenvalue weighted by Gasteiger charge is -2.09. The highest BCUT2D eigenvalue weighted by atomic mass is 35.5. The number of hydrogen-bond acceptors (Lipinski definition) is 6. The molecular formula is C17H14ClN5OS. The van der Waals surface area contributed by atoms with E-state index in [1.165, 1.54) is 11.3 Å². The first-order valence-corrected chi connectivity index (χ1v) is 8.84. The summed E-state index contributed by atoms with van der Waals surface area (Å²) in [5, 5.41) is 27.0. The van der Waals surface area contributed by atoms with Crippen LogP contribution in [0.2, 0.25) is 5.02 Å². The Hall–Kier alpha value is -2.64. The van der Waals surface area contributed by atoms with Gasteiger partial charge in [0.1, 0.15) is 5.75 Å². The first-order valence-electron chi connectivity index (χ1n) is 7.64. The van der Waals surface area contributed by atoms with Gasteiger partial charge in [-0.25, -0.2) is 0 Å². The van der Waals surface area contributed by atoms with Gasteiger partial charge in [-0.2, -0.15) is 4.52 Å². The number of hydrogen-bond donors (Lipinski definition) is 2. The average molecular weight is 372 g/mol. The zero-order chi connectivity index (χ0) is 17.4. The number of halogens is 1. The van der Waals surface area contributed by atoms with E-state index in [9.17, 15) is 5.11 Å². The predicted molar refractivity (Wildman–Crippen MR) is 99.0 cm³/mol. The molecular weight excluding hydrogens is 358 g/mol. The molecule has 8 heteroatoms. The molecule has 0 radical (unpaired) electrons. The van der Waals surface area contributed by atoms with E-state index in [1.807, 2.05) is 43.3 Å². The molecule has 1 atom stereocenters. The number of benzene rings is 2. The van der Waals surface area contributed by atoms with Crippen molar-refractivity contribution in [2.45, 2.75) is 12.8 Å². The van der Waals surface area contributed by atoms with Gasteiger partial charge in [0.2, 0.25) is 10.1 Å². The van der Waals surface area contributed by atoms with E-state index < -0.39 is 0 Å². The molecule has 0 aliphatic carbocycles. The Balaban J connectivity index is 1.66. The summed E-state index contributed by atoms with van der Waals surface area (Å²) in [6.07, 6.45) is 0. The van der Waals surface area contributed by atoms with Gasteiger partial charge in [-0.1, -0.05) is 54.1 Å². The average Bonchev–Trinajstić information content (AvgIpc) is 3.17. The maximum Gasteiger partial charge on any atom is 0.236 e. The molecule has 2 aromatic carbocycles. The number of anilines is 2. The van der Waals surface area contributed by atoms with Crippen molar-refractivity contribution < 1.29 is 5.11 Å². The van der Waals surface area contributed by atoms with Crippen LogP contribution in [0.5, 0.6) is 5.75 Å². The second-order valence-electron chi connectivity index (χ2n) is 5.58. The second kappa shape index (κ2) is 6.34. The molecule has 0 aliphatic heterocycles. The number of phenols is 1. The summed E-state index contributed by atoms with van der Waals surface area (Å²) in [4.78, 5) is 0.704. The highest BCUT2D eigenvalue weighted by Crippen LogP contribution is 2.30. The fraction of sp³-hybridized carbons (Fsp3) is 0.118. The van der Waals surface area contributed by atoms with Gasteiger partial charge in [0.25, 0.3) is 0 Å². The Bertz CT molecular complexity index is 1030. The van der Waals surface area contributed by atoms with Crippen LogP contribution in [0.1, 0.15) is 24.2 Å². The van der Waals surface area contributed by atoms with Gasteiger partial charge in [-0.3, -0.25) is 0 Å². The maximum absolute atomic E-state index is 9.44. The van der Waals surface area contributed by atoms with E-state index in [0.717, 1.165) is 17.1 Å². The Morgan fingerprint density at radius 1 is 1.12 bits per heavy atom. The number of aromatic hydroxyl groups is 1. The van der Waals surface area contributed by atoms with E-state index in [-0.39, 0.29) is 11.7 Å². The fourth-order valence-corrected chi connectivity index (χ4v) is 3.48. The third-order valence-electron chi connectivity index (χ3n) is 3.91. The van der Waals surface area contributed by atoms with Crippen molar-refractivity contribution in [3.05, 3.63) is 64.9 Å². The Labute approximate surface area is 152 Å². The van der Waals surface area contributed by atoms with Gasteiger partial charge in [-0.05, 0) is 29.8 Å². The van der Waals surface area contributed by atoms with Crippen LogP contribution in [0.3, 0.4) is 0 Å². The Morgan fingerprint density at radius 2 is 1.88 bits per heavy atom. The Kier molecular flexibility index (Phi) is 4.03. The molecule has 0 saturated heterocycles. The summed E-state index contributed by atoms with van der Waals surface area (Å²) < 4.78 is 1.74. The predicted octanol–water partition coefficient (Wildman–Crippen LogP) is 4.44. The summed E-state index contributed by atoms with van der Waals surface area (Å²) in [5.74, 6) is 0.970. The normalized spacial score (nSPS) is 12.4. The van der Waals surface area contributed by atoms with Crippen LogP contribution in [0, 0.1) is 0 Å². The van der Waals surface area contributed by atoms with Crippen LogP contribution < -0.4 is 5.32 Å². The third kappa shape index (κ3) is 3.04. The molecule has 0 saturated carbocycles. The van der Waals surface area contributed by atoms with Crippen molar-refractivity contribution in [1.29, 1.82) is 0 Å². The van der Waals surface area contributed by atoms with Gasteiger partial charge in [0.05, 0.1) is 10.7 Å². The summed E-state index contributed by atoms with van der Waals surface area (Å²) in [7, 11) is 0. The number of aromatic nitrogens is 4. The number of phenolic OH excluding ortho intramolecular Hbond substituents is 1. The fourth-order valence-electron chi connectivity index (χ4n) is 2.54. The van der Waals surface area contributed by atoms with Crippen molar-refractivity contribution in [2.75, 3.05) is 5.32 Å². The second-order valence-corrected chi connectivity index (χ2v) is 6.94. The molecule has 2 N–H and O–H groups in total. The van der Waals surface area contributed by atoms with Crippen LogP contribution in [-0.2, 0) is 0 Å². The SMILES string of the molecule is CC(c1ccc(O)cc1)c1nnc2sc(Nc3ccccc3Cl)nn12. The molecule has 0 spiro atoms. The zero-order valence-electron chi connectivity index (χ0n) is 13.2. The van der Waals surface area contributed by atoms with Crippen molar-refractivity contribution in [2.24, 2.45) is 0 Å². The van der Waals surface area contributed by atoms with Gasteiger partial charge >= 0.3 is 0 Å². The summed E-state index contributed by atoms with van der Waals surface area (Å²) in [6, 6.07) is 14.6. The minimum absolute atomic E-state index is 0.00846. The molecule has 0 aliphatic rings. The number of nitrogens with zero attached hydrogens (tertiary/aromatic N) is 4. The van der Waals surface area contributed by atoms with Gasteiger partial charge in [-0.15, -0.1) is 15.3 Å². The van der Waals surface area contributed by atoms with E-state index in [1.54, 1.807) is 16.6 Å². The highest BCUT2D eigenvalue weighted by molar-refractivity contribution is 7.20. The number of rotatable bonds is 4. The number of fused-ring (bicyclic) bond motifs is 1. The molecule has 4 rings (SSSR count). The molecule has 2 aromatic heterocycles. The lowest BCUT2D eigenvalue weighted by Crippen LogP contribution is -2.03. The first-order chi connectivity index (χ1) is 12.1. The van der Waals surface area contributed by atoms with Gasteiger partial charge in [0, 0.05) is 5.92 Å². The smallest absolute Gasteiger partial charge is 0.236 e. The summed E-state index contributed by atoms with van der Waals surface area (Å²) in [5.41, 5.74) is 1.82. The quantitative estimate of drug-likeness (QED) is 0.554. The van der Waals surface area contributed by atoms with E-state index >= 15 is 0 Å². The maximum atomic E-state index is 9.44. The minimum Gasteiger partial charge on any atom is -0.508 e. The molecule has 2 heterocycles. The van der Waals surface area contributed by atoms with Gasteiger partial charge in [0.15, 0.2) is 5.82 Å². The minimum atomic E-state index is -0.00846. The lowest BCUT2D eigenvalue weighted by atomic mass is 10.0. The van der Waals surface area contributed by atoms with E-state index in [2.05, 4.69) is 20.6 Å². The molecule has 0 fully saturated rings. The molecule has 4 aromatic rings. The van der Waals surface area contributed by atoms with Crippen molar-refractivity contribution in [3.63, 3.8) is 0 Å². The number of nitrogens with one attached hydrogen (secondary N) is 1. The number of para-hydroxylation sites is 1. The van der Waals surface area contributed by atoms with Crippen LogP contribution >= 0.6 is 22.9 Å². The molecule has 0 amide bonds. The van der Waals surface area contributed by atoms with Crippen molar-refractivity contribution in [3.8, 4) is 5.75 Å². The van der Waals surface area contributed by atoms with E-state index in [0.29, 0.717) is 15.1 Å². The Morgan fingerprint density at radius 3 is 2.64 bits per heavy atom. The van der Waals surface area contributed by atoms with Gasteiger partial charge < -0.3 is 10.4 Å². The summed E-state index contributed by atoms with van der Waals surface area (Å²) >= 11 is 7.59. The largest absolute Gasteiger partial charge is 0.508 e. The highest BCUT2D eigenvalue weighted by Gasteiger charge is 2.19. The monoisotopic (exact) mass is 371 g/mol. The van der Waals surface area contributed by atoms with Crippen LogP contribution in [0.25, 0.3) is 4.96 Å². The van der Waals surface area contributed by atoms with Crippen LogP contribution in [-0.4, -0.2) is 24.9 Å². The summed E-state index contributed by atoms with van der Waals surface area (Å²) in [6.45, 7) is 2.03. The molecule has 1 unspecified atom stereocenters. The molecule has 0 bridgehead atoms. The third-order valence-corrected chi connectivity index (χ3v) is 5.05. The molecule has 6 nitrogen and oxygen atoms in total. The lowest BCUT2D eigenvalue weighted by molar-refractivity contribution is 0.475. The molecule has 126 valence electrons. The van der Waals surface area contributed by atoms with Crippen LogP contribution in [0.4, 0.5) is 10.8 Å². The first kappa shape index (κ1) is 15.9. The van der Waals surface area contributed by atoms with E-state index in [4.69, 9.17) is 11.6 Å². The topological polar surface area (TPSA) is 75.3 Å². The molecule has 25 heavy (non-hydrogen) atoms. The van der Waals surface area contributed by atoms with Crippen molar-refractivity contribution in [1.82, 2.24) is 19.8 Å². The standard InChI is InChI=1S/C17H14ClN5OS/c1-10(11-6-8-12(24)9-7-11)15-20-21-17-23(15)22-16(25-17)19-14-5-3-2-4-13(14)18/h2-10,24H,1H3,(H,19,22). The van der Waals surface area contributed by atoms with Crippen molar-refractivity contribution >= 4 is 38.7 Å². The van der Waals surface area contributed by atoms with Crippen LogP contribution in [0.15, 0.2) is 48.5 Å².